The highest BCUT2D eigenvalue weighted by atomic mass is 28.4. The van der Waals surface area contributed by atoms with Gasteiger partial charge in [-0.05, 0) is 34.7 Å². The van der Waals surface area contributed by atoms with Crippen LogP contribution in [0.4, 0.5) is 0 Å². The Hall–Kier alpha value is -1.68. The SMILES string of the molecule is CC[C@@H](/C=C\CCCO)O[Si](c1ccccc1)(c1ccccc1)C(C)(C)C. The molecule has 0 saturated carbocycles. The van der Waals surface area contributed by atoms with Crippen LogP contribution in [0.3, 0.4) is 0 Å². The van der Waals surface area contributed by atoms with Crippen molar-refractivity contribution >= 4 is 18.7 Å². The summed E-state index contributed by atoms with van der Waals surface area (Å²) in [5.41, 5.74) is 0. The van der Waals surface area contributed by atoms with Crippen molar-refractivity contribution in [1.29, 1.82) is 0 Å². The van der Waals surface area contributed by atoms with Gasteiger partial charge in [-0.15, -0.1) is 0 Å². The van der Waals surface area contributed by atoms with Crippen molar-refractivity contribution in [2.45, 2.75) is 58.1 Å². The summed E-state index contributed by atoms with van der Waals surface area (Å²) in [6.45, 7) is 9.33. The first-order chi connectivity index (χ1) is 13.0. The number of hydrogen-bond acceptors (Lipinski definition) is 2. The molecule has 0 amide bonds. The molecule has 2 nitrogen and oxygen atoms in total. The van der Waals surface area contributed by atoms with Gasteiger partial charge < -0.3 is 9.53 Å². The van der Waals surface area contributed by atoms with E-state index in [1.807, 2.05) is 0 Å². The number of aliphatic hydroxyl groups excluding tert-OH is 1. The third-order valence-corrected chi connectivity index (χ3v) is 10.1. The quantitative estimate of drug-likeness (QED) is 0.388. The normalized spacial score (nSPS) is 13.8. The number of hydrogen-bond donors (Lipinski definition) is 1. The van der Waals surface area contributed by atoms with Crippen LogP contribution in [0.5, 0.6) is 0 Å². The first-order valence-electron chi connectivity index (χ1n) is 10.0. The standard InChI is InChI=1S/C24H34O2Si/c1-5-21(15-9-8-14-20-25)26-27(24(2,3)4,22-16-10-6-11-17-22)23-18-12-7-13-19-23/h6-7,9-13,15-19,21,25H,5,8,14,20H2,1-4H3/b15-9-/t21-/m0/s1. The summed E-state index contributed by atoms with van der Waals surface area (Å²) in [7, 11) is -2.50. The second-order valence-electron chi connectivity index (χ2n) is 8.02. The molecule has 27 heavy (non-hydrogen) atoms. The molecule has 0 aromatic heterocycles. The van der Waals surface area contributed by atoms with Crippen molar-refractivity contribution in [3.63, 3.8) is 0 Å². The van der Waals surface area contributed by atoms with Crippen molar-refractivity contribution < 1.29 is 9.53 Å². The number of allylic oxidation sites excluding steroid dienone is 1. The molecular weight excluding hydrogens is 348 g/mol. The van der Waals surface area contributed by atoms with Crippen LogP contribution in [0, 0.1) is 0 Å². The van der Waals surface area contributed by atoms with Gasteiger partial charge in [-0.1, -0.05) is 101 Å². The second-order valence-corrected chi connectivity index (χ2v) is 12.3. The summed E-state index contributed by atoms with van der Waals surface area (Å²) in [4.78, 5) is 0. The smallest absolute Gasteiger partial charge is 0.261 e. The van der Waals surface area contributed by atoms with E-state index in [-0.39, 0.29) is 17.7 Å². The molecule has 0 aliphatic carbocycles. The van der Waals surface area contributed by atoms with Crippen LogP contribution in [-0.2, 0) is 4.43 Å². The third-order valence-electron chi connectivity index (χ3n) is 5.03. The van der Waals surface area contributed by atoms with Gasteiger partial charge in [0.05, 0.1) is 6.10 Å². The fourth-order valence-corrected chi connectivity index (χ4v) is 8.35. The fourth-order valence-electron chi connectivity index (χ4n) is 3.63. The van der Waals surface area contributed by atoms with Crippen LogP contribution in [-0.4, -0.2) is 26.1 Å². The van der Waals surface area contributed by atoms with Crippen molar-refractivity contribution in [2.75, 3.05) is 6.61 Å². The molecule has 0 aliphatic rings. The van der Waals surface area contributed by atoms with Gasteiger partial charge in [-0.25, -0.2) is 0 Å². The molecule has 0 spiro atoms. The third kappa shape index (κ3) is 5.19. The Morgan fingerprint density at radius 1 is 0.963 bits per heavy atom. The number of aliphatic hydroxyl groups is 1. The largest absolute Gasteiger partial charge is 0.401 e. The maximum absolute atomic E-state index is 9.02. The molecule has 0 saturated heterocycles. The van der Waals surface area contributed by atoms with Crippen LogP contribution >= 0.6 is 0 Å². The molecule has 2 aromatic carbocycles. The fraction of sp³-hybridized carbons (Fsp3) is 0.417. The number of benzene rings is 2. The average Bonchev–Trinajstić information content (AvgIpc) is 2.68. The van der Waals surface area contributed by atoms with Gasteiger partial charge in [0.1, 0.15) is 0 Å². The van der Waals surface area contributed by atoms with Crippen LogP contribution in [0.25, 0.3) is 0 Å². The van der Waals surface area contributed by atoms with Gasteiger partial charge in [0.15, 0.2) is 0 Å². The Balaban J connectivity index is 2.53. The minimum absolute atomic E-state index is 0.0118. The molecular formula is C24H34O2Si. The number of rotatable bonds is 9. The van der Waals surface area contributed by atoms with Crippen molar-refractivity contribution in [3.8, 4) is 0 Å². The molecule has 0 fully saturated rings. The molecule has 0 heterocycles. The van der Waals surface area contributed by atoms with Gasteiger partial charge in [0.2, 0.25) is 0 Å². The lowest BCUT2D eigenvalue weighted by atomic mass is 10.2. The van der Waals surface area contributed by atoms with Gasteiger partial charge in [0, 0.05) is 6.61 Å². The molecule has 1 N–H and O–H groups in total. The predicted molar refractivity (Wildman–Crippen MR) is 118 cm³/mol. The summed E-state index contributed by atoms with van der Waals surface area (Å²) in [6.07, 6.45) is 7.02. The monoisotopic (exact) mass is 382 g/mol. The summed E-state index contributed by atoms with van der Waals surface area (Å²) >= 11 is 0. The van der Waals surface area contributed by atoms with Crippen LogP contribution in [0.1, 0.15) is 47.0 Å². The van der Waals surface area contributed by atoms with E-state index in [4.69, 9.17) is 9.53 Å². The Bertz CT molecular complexity index is 650. The first-order valence-corrected chi connectivity index (χ1v) is 11.9. The zero-order chi connectivity index (χ0) is 19.8. The van der Waals surface area contributed by atoms with Gasteiger partial charge in [-0.2, -0.15) is 0 Å². The molecule has 2 rings (SSSR count). The minimum atomic E-state index is -2.50. The molecule has 0 radical (unpaired) electrons. The zero-order valence-electron chi connectivity index (χ0n) is 17.2. The Labute approximate surface area is 166 Å². The van der Waals surface area contributed by atoms with E-state index in [1.165, 1.54) is 10.4 Å². The molecule has 3 heteroatoms. The van der Waals surface area contributed by atoms with E-state index in [0.717, 1.165) is 19.3 Å². The van der Waals surface area contributed by atoms with E-state index in [9.17, 15) is 0 Å². The average molecular weight is 383 g/mol. The Kier molecular flexibility index (Phi) is 8.02. The highest BCUT2D eigenvalue weighted by Gasteiger charge is 2.51. The van der Waals surface area contributed by atoms with E-state index in [0.29, 0.717) is 0 Å². The topological polar surface area (TPSA) is 29.5 Å². The van der Waals surface area contributed by atoms with Gasteiger partial charge in [-0.3, -0.25) is 0 Å². The number of unbranched alkanes of at least 4 members (excludes halogenated alkanes) is 1. The Morgan fingerprint density at radius 2 is 1.48 bits per heavy atom. The molecule has 146 valence electrons. The summed E-state index contributed by atoms with van der Waals surface area (Å²) in [5.74, 6) is 0. The predicted octanol–water partition coefficient (Wildman–Crippen LogP) is 4.67. The highest BCUT2D eigenvalue weighted by molar-refractivity contribution is 6.99. The Morgan fingerprint density at radius 3 is 1.89 bits per heavy atom. The lowest BCUT2D eigenvalue weighted by Crippen LogP contribution is -2.67. The van der Waals surface area contributed by atoms with Crippen molar-refractivity contribution in [2.24, 2.45) is 0 Å². The molecule has 0 bridgehead atoms. The first kappa shape index (κ1) is 21.6. The van der Waals surface area contributed by atoms with Crippen LogP contribution in [0.2, 0.25) is 5.04 Å². The van der Waals surface area contributed by atoms with Crippen LogP contribution < -0.4 is 10.4 Å². The van der Waals surface area contributed by atoms with Crippen molar-refractivity contribution in [1.82, 2.24) is 0 Å². The van der Waals surface area contributed by atoms with Gasteiger partial charge >= 0.3 is 0 Å². The maximum atomic E-state index is 9.02. The molecule has 2 aromatic rings. The van der Waals surface area contributed by atoms with Gasteiger partial charge in [0.25, 0.3) is 8.32 Å². The lowest BCUT2D eigenvalue weighted by molar-refractivity contribution is 0.228. The molecule has 1 atom stereocenters. The summed E-state index contributed by atoms with van der Waals surface area (Å²) in [6, 6.07) is 21.5. The summed E-state index contributed by atoms with van der Waals surface area (Å²) < 4.78 is 7.09. The molecule has 0 unspecified atom stereocenters. The van der Waals surface area contributed by atoms with E-state index < -0.39 is 8.32 Å². The van der Waals surface area contributed by atoms with Crippen LogP contribution in [0.15, 0.2) is 72.8 Å². The summed E-state index contributed by atoms with van der Waals surface area (Å²) in [5, 5.41) is 11.6. The second kappa shape index (κ2) is 10.0. The van der Waals surface area contributed by atoms with E-state index in [2.05, 4.69) is 101 Å². The van der Waals surface area contributed by atoms with Crippen molar-refractivity contribution in [3.05, 3.63) is 72.8 Å². The van der Waals surface area contributed by atoms with E-state index in [1.54, 1.807) is 0 Å². The minimum Gasteiger partial charge on any atom is -0.401 e. The van der Waals surface area contributed by atoms with E-state index >= 15 is 0 Å². The molecule has 0 aliphatic heterocycles. The lowest BCUT2D eigenvalue weighted by Gasteiger charge is -2.44. The maximum Gasteiger partial charge on any atom is 0.261 e. The zero-order valence-corrected chi connectivity index (χ0v) is 18.2. The highest BCUT2D eigenvalue weighted by Crippen LogP contribution is 2.37.